The van der Waals surface area contributed by atoms with E-state index < -0.39 is 0 Å². The smallest absolute Gasteiger partial charge is 0.137 e. The van der Waals surface area contributed by atoms with Gasteiger partial charge in [0.2, 0.25) is 0 Å². The van der Waals surface area contributed by atoms with Crippen LogP contribution in [0.5, 0.6) is 5.75 Å². The summed E-state index contributed by atoms with van der Waals surface area (Å²) in [5.41, 5.74) is 8.21. The van der Waals surface area contributed by atoms with Gasteiger partial charge in [-0.1, -0.05) is 45.7 Å². The molecule has 18 heavy (non-hydrogen) atoms. The van der Waals surface area contributed by atoms with E-state index in [0.29, 0.717) is 10.8 Å². The van der Waals surface area contributed by atoms with Crippen LogP contribution in [0.15, 0.2) is 46.9 Å². The second-order valence-corrected chi connectivity index (χ2v) is 5.25. The largest absolute Gasteiger partial charge is 0.495 e. The molecule has 4 heteroatoms. The van der Waals surface area contributed by atoms with E-state index >= 15 is 0 Å². The van der Waals surface area contributed by atoms with Crippen molar-refractivity contribution < 1.29 is 4.74 Å². The van der Waals surface area contributed by atoms with Crippen molar-refractivity contribution in [2.75, 3.05) is 7.11 Å². The number of benzene rings is 2. The van der Waals surface area contributed by atoms with Crippen LogP contribution in [-0.4, -0.2) is 7.11 Å². The average molecular weight is 327 g/mol. The van der Waals surface area contributed by atoms with Gasteiger partial charge in [0.15, 0.2) is 0 Å². The fourth-order valence-electron chi connectivity index (χ4n) is 1.74. The summed E-state index contributed by atoms with van der Waals surface area (Å²) < 4.78 is 6.16. The molecule has 2 N–H and O–H groups in total. The van der Waals surface area contributed by atoms with Gasteiger partial charge in [-0.2, -0.15) is 0 Å². The van der Waals surface area contributed by atoms with Gasteiger partial charge in [-0.05, 0) is 35.4 Å². The summed E-state index contributed by atoms with van der Waals surface area (Å²) in [6.45, 7) is 0. The summed E-state index contributed by atoms with van der Waals surface area (Å²) in [7, 11) is 1.59. The van der Waals surface area contributed by atoms with Crippen molar-refractivity contribution in [3.8, 4) is 5.75 Å². The maximum atomic E-state index is 6.21. The van der Waals surface area contributed by atoms with E-state index in [1.807, 2.05) is 42.5 Å². The third kappa shape index (κ3) is 2.86. The van der Waals surface area contributed by atoms with E-state index in [4.69, 9.17) is 22.1 Å². The minimum Gasteiger partial charge on any atom is -0.495 e. The molecule has 2 rings (SSSR count). The van der Waals surface area contributed by atoms with Gasteiger partial charge >= 0.3 is 0 Å². The molecule has 1 unspecified atom stereocenters. The Morgan fingerprint density at radius 1 is 1.11 bits per heavy atom. The lowest BCUT2D eigenvalue weighted by molar-refractivity contribution is 0.415. The maximum Gasteiger partial charge on any atom is 0.137 e. The van der Waals surface area contributed by atoms with E-state index in [1.54, 1.807) is 7.11 Å². The molecule has 0 amide bonds. The molecule has 1 atom stereocenters. The molecule has 0 aromatic heterocycles. The molecule has 94 valence electrons. The Hall–Kier alpha value is -1.03. The molecule has 2 aromatic carbocycles. The topological polar surface area (TPSA) is 35.2 Å². The molecular weight excluding hydrogens is 314 g/mol. The van der Waals surface area contributed by atoms with Crippen molar-refractivity contribution in [3.63, 3.8) is 0 Å². The van der Waals surface area contributed by atoms with Crippen LogP contribution in [0.3, 0.4) is 0 Å². The third-order valence-corrected chi connectivity index (χ3v) is 3.59. The Labute approximate surface area is 120 Å². The van der Waals surface area contributed by atoms with Crippen molar-refractivity contribution in [2.45, 2.75) is 6.04 Å². The van der Waals surface area contributed by atoms with Gasteiger partial charge in [-0.25, -0.2) is 0 Å². The molecule has 0 saturated carbocycles. The second kappa shape index (κ2) is 5.74. The molecule has 0 aliphatic carbocycles. The van der Waals surface area contributed by atoms with Crippen LogP contribution in [0.4, 0.5) is 0 Å². The highest BCUT2D eigenvalue weighted by molar-refractivity contribution is 9.10. The summed E-state index contributed by atoms with van der Waals surface area (Å²) in [6, 6.07) is 13.3. The van der Waals surface area contributed by atoms with Crippen LogP contribution in [-0.2, 0) is 0 Å². The Bertz CT molecular complexity index is 542. The molecule has 2 nitrogen and oxygen atoms in total. The summed E-state index contributed by atoms with van der Waals surface area (Å²) in [4.78, 5) is 0. The van der Waals surface area contributed by atoms with E-state index in [2.05, 4.69) is 15.9 Å². The van der Waals surface area contributed by atoms with E-state index in [0.717, 1.165) is 15.6 Å². The number of ether oxygens (including phenoxy) is 1. The molecule has 0 aliphatic rings. The van der Waals surface area contributed by atoms with E-state index in [-0.39, 0.29) is 6.04 Å². The van der Waals surface area contributed by atoms with Crippen molar-refractivity contribution in [2.24, 2.45) is 5.73 Å². The highest BCUT2D eigenvalue weighted by Crippen LogP contribution is 2.29. The third-order valence-electron chi connectivity index (χ3n) is 2.76. The quantitative estimate of drug-likeness (QED) is 0.919. The van der Waals surface area contributed by atoms with Gasteiger partial charge in [-0.3, -0.25) is 0 Å². The van der Waals surface area contributed by atoms with E-state index in [9.17, 15) is 0 Å². The Morgan fingerprint density at radius 3 is 2.28 bits per heavy atom. The minimum absolute atomic E-state index is 0.193. The molecule has 0 heterocycles. The number of rotatable bonds is 3. The van der Waals surface area contributed by atoms with Gasteiger partial charge in [0.05, 0.1) is 18.2 Å². The summed E-state index contributed by atoms with van der Waals surface area (Å²) in [5, 5.41) is 0.572. The number of halogens is 2. The Balaban J connectivity index is 2.31. The van der Waals surface area contributed by atoms with Crippen LogP contribution in [0.1, 0.15) is 17.2 Å². The zero-order valence-electron chi connectivity index (χ0n) is 9.86. The van der Waals surface area contributed by atoms with Gasteiger partial charge in [-0.15, -0.1) is 0 Å². The summed E-state index contributed by atoms with van der Waals surface area (Å²) in [5.74, 6) is 0.656. The lowest BCUT2D eigenvalue weighted by Gasteiger charge is -2.14. The molecule has 2 aromatic rings. The highest BCUT2D eigenvalue weighted by atomic mass is 79.9. The monoisotopic (exact) mass is 325 g/mol. The standard InChI is InChI=1S/C14H13BrClNO/c1-18-13-7-4-10(8-12(13)16)14(17)9-2-5-11(15)6-3-9/h2-8,14H,17H2,1H3. The van der Waals surface area contributed by atoms with Crippen molar-refractivity contribution in [3.05, 3.63) is 63.1 Å². The number of hydrogen-bond donors (Lipinski definition) is 1. The fraction of sp³-hybridized carbons (Fsp3) is 0.143. The fourth-order valence-corrected chi connectivity index (χ4v) is 2.27. The number of nitrogens with two attached hydrogens (primary N) is 1. The van der Waals surface area contributed by atoms with Gasteiger partial charge in [0.1, 0.15) is 5.75 Å². The molecule has 0 bridgehead atoms. The Kier molecular flexibility index (Phi) is 4.27. The van der Waals surface area contributed by atoms with E-state index in [1.165, 1.54) is 0 Å². The SMILES string of the molecule is COc1ccc(C(N)c2ccc(Br)cc2)cc1Cl. The van der Waals surface area contributed by atoms with Crippen LogP contribution in [0.25, 0.3) is 0 Å². The minimum atomic E-state index is -0.193. The molecule has 0 radical (unpaired) electrons. The molecule has 0 fully saturated rings. The highest BCUT2D eigenvalue weighted by Gasteiger charge is 2.11. The first kappa shape index (κ1) is 13.4. The average Bonchev–Trinajstić information content (AvgIpc) is 2.38. The molecular formula is C14H13BrClNO. The Morgan fingerprint density at radius 2 is 1.72 bits per heavy atom. The predicted octanol–water partition coefficient (Wildman–Crippen LogP) is 4.16. The second-order valence-electron chi connectivity index (χ2n) is 3.92. The maximum absolute atomic E-state index is 6.21. The summed E-state index contributed by atoms with van der Waals surface area (Å²) in [6.07, 6.45) is 0. The van der Waals surface area contributed by atoms with Crippen LogP contribution in [0.2, 0.25) is 5.02 Å². The first-order chi connectivity index (χ1) is 8.61. The van der Waals surface area contributed by atoms with Crippen LogP contribution < -0.4 is 10.5 Å². The zero-order valence-corrected chi connectivity index (χ0v) is 12.2. The van der Waals surface area contributed by atoms with Gasteiger partial charge < -0.3 is 10.5 Å². The number of methoxy groups -OCH3 is 1. The first-order valence-electron chi connectivity index (χ1n) is 5.46. The first-order valence-corrected chi connectivity index (χ1v) is 6.63. The van der Waals surface area contributed by atoms with Crippen molar-refractivity contribution in [1.82, 2.24) is 0 Å². The molecule has 0 spiro atoms. The number of hydrogen-bond acceptors (Lipinski definition) is 2. The zero-order chi connectivity index (χ0) is 13.1. The van der Waals surface area contributed by atoms with Crippen LogP contribution >= 0.6 is 27.5 Å². The normalized spacial score (nSPS) is 12.2. The lowest BCUT2D eigenvalue weighted by atomic mass is 10.00. The lowest BCUT2D eigenvalue weighted by Crippen LogP contribution is -2.11. The van der Waals surface area contributed by atoms with Crippen LogP contribution in [0, 0.1) is 0 Å². The van der Waals surface area contributed by atoms with Gasteiger partial charge in [0.25, 0.3) is 0 Å². The van der Waals surface area contributed by atoms with Crippen molar-refractivity contribution >= 4 is 27.5 Å². The molecule has 0 aliphatic heterocycles. The molecule has 0 saturated heterocycles. The summed E-state index contributed by atoms with van der Waals surface area (Å²) >= 11 is 9.50. The van der Waals surface area contributed by atoms with Gasteiger partial charge in [0, 0.05) is 4.47 Å². The predicted molar refractivity (Wildman–Crippen MR) is 78.2 cm³/mol. The van der Waals surface area contributed by atoms with Crippen molar-refractivity contribution in [1.29, 1.82) is 0 Å².